The highest BCUT2D eigenvalue weighted by molar-refractivity contribution is 6.30. The molecule has 1 spiro atoms. The molecule has 2 aromatic heterocycles. The van der Waals surface area contributed by atoms with Crippen LogP contribution in [0.1, 0.15) is 25.2 Å². The lowest BCUT2D eigenvalue weighted by Gasteiger charge is -2.60. The van der Waals surface area contributed by atoms with E-state index in [0.29, 0.717) is 22.4 Å². The molecule has 0 atom stereocenters. The van der Waals surface area contributed by atoms with E-state index in [2.05, 4.69) is 25.0 Å². The van der Waals surface area contributed by atoms with E-state index in [0.717, 1.165) is 37.7 Å². The predicted molar refractivity (Wildman–Crippen MR) is 127 cm³/mol. The van der Waals surface area contributed by atoms with E-state index < -0.39 is 11.7 Å². The Kier molecular flexibility index (Phi) is 5.08. The molecular formula is C24H24ClF4N7. The molecule has 0 aliphatic carbocycles. The standard InChI is InChI=1S/C24H24ClF4N7/c1-22(2,24(27,28)29)35-9-15-7-16(25)3-5-18(15)36-20(10-35)31-32-21(36)34-13-23(14-34)11-33(12-23)19-6-4-17(26)8-30-19/h3-8H,9-14H2,1-2H3. The normalized spacial score (nSPS) is 19.4. The Balaban J connectivity index is 1.27. The lowest BCUT2D eigenvalue weighted by atomic mass is 9.73. The van der Waals surface area contributed by atoms with Crippen LogP contribution < -0.4 is 9.80 Å². The first-order chi connectivity index (χ1) is 17.0. The Morgan fingerprint density at radius 3 is 2.33 bits per heavy atom. The molecule has 12 heteroatoms. The molecule has 5 heterocycles. The van der Waals surface area contributed by atoms with Crippen LogP contribution in [0.4, 0.5) is 29.3 Å². The zero-order valence-corrected chi connectivity index (χ0v) is 20.5. The molecule has 3 aliphatic heterocycles. The highest BCUT2D eigenvalue weighted by atomic mass is 35.5. The molecule has 190 valence electrons. The maximum atomic E-state index is 13.9. The molecule has 0 radical (unpaired) electrons. The lowest BCUT2D eigenvalue weighted by Crippen LogP contribution is -2.73. The molecule has 2 saturated heterocycles. The second-order valence-corrected chi connectivity index (χ2v) is 10.9. The topological polar surface area (TPSA) is 53.3 Å². The Morgan fingerprint density at radius 2 is 1.67 bits per heavy atom. The summed E-state index contributed by atoms with van der Waals surface area (Å²) in [6, 6.07) is 8.34. The van der Waals surface area contributed by atoms with Crippen molar-refractivity contribution in [3.05, 3.63) is 58.8 Å². The maximum absolute atomic E-state index is 13.9. The van der Waals surface area contributed by atoms with Crippen LogP contribution in [0.25, 0.3) is 5.69 Å². The van der Waals surface area contributed by atoms with Gasteiger partial charge in [0.05, 0.1) is 18.4 Å². The second kappa shape index (κ2) is 7.79. The SMILES string of the molecule is CC(C)(N1Cc2cc(Cl)ccc2-n2c(nnc2N2CC3(CN(c4ccc(F)cn4)C3)C2)C1)C(F)(F)F. The number of aromatic nitrogens is 4. The Labute approximate surface area is 210 Å². The average Bonchev–Trinajstić information content (AvgIpc) is 3.07. The summed E-state index contributed by atoms with van der Waals surface area (Å²) >= 11 is 6.24. The quantitative estimate of drug-likeness (QED) is 0.475. The lowest BCUT2D eigenvalue weighted by molar-refractivity contribution is -0.224. The Hall–Kier alpha value is -2.92. The van der Waals surface area contributed by atoms with Crippen molar-refractivity contribution >= 4 is 23.4 Å². The number of benzene rings is 1. The number of fused-ring (bicyclic) bond motifs is 3. The average molecular weight is 522 g/mol. The molecule has 3 aliphatic rings. The largest absolute Gasteiger partial charge is 0.406 e. The fourth-order valence-corrected chi connectivity index (χ4v) is 5.55. The van der Waals surface area contributed by atoms with Crippen LogP contribution in [0.5, 0.6) is 0 Å². The number of hydrogen-bond acceptors (Lipinski definition) is 6. The molecule has 1 aromatic carbocycles. The fourth-order valence-electron chi connectivity index (χ4n) is 5.35. The Bertz CT molecular complexity index is 1310. The van der Waals surface area contributed by atoms with E-state index in [1.54, 1.807) is 18.2 Å². The van der Waals surface area contributed by atoms with E-state index in [-0.39, 0.29) is 24.3 Å². The van der Waals surface area contributed by atoms with Crippen LogP contribution in [0.3, 0.4) is 0 Å². The molecule has 0 amide bonds. The number of alkyl halides is 3. The maximum Gasteiger partial charge on any atom is 0.406 e. The van der Waals surface area contributed by atoms with E-state index in [1.165, 1.54) is 31.0 Å². The van der Waals surface area contributed by atoms with Crippen LogP contribution in [-0.4, -0.2) is 62.5 Å². The third kappa shape index (κ3) is 3.62. The highest BCUT2D eigenvalue weighted by Gasteiger charge is 2.54. The zero-order valence-electron chi connectivity index (χ0n) is 19.7. The van der Waals surface area contributed by atoms with Gasteiger partial charge in [-0.2, -0.15) is 13.2 Å². The van der Waals surface area contributed by atoms with Crippen molar-refractivity contribution in [1.82, 2.24) is 24.6 Å². The van der Waals surface area contributed by atoms with Crippen molar-refractivity contribution in [2.75, 3.05) is 36.0 Å². The first kappa shape index (κ1) is 23.5. The number of hydrogen-bond donors (Lipinski definition) is 0. The third-order valence-electron chi connectivity index (χ3n) is 7.60. The Morgan fingerprint density at radius 1 is 0.944 bits per heavy atom. The van der Waals surface area contributed by atoms with Crippen molar-refractivity contribution in [3.8, 4) is 5.69 Å². The van der Waals surface area contributed by atoms with Gasteiger partial charge in [0.1, 0.15) is 17.2 Å². The molecule has 6 rings (SSSR count). The van der Waals surface area contributed by atoms with Crippen molar-refractivity contribution in [1.29, 1.82) is 0 Å². The monoisotopic (exact) mass is 521 g/mol. The molecule has 0 unspecified atom stereocenters. The molecule has 2 fully saturated rings. The number of rotatable bonds is 3. The smallest absolute Gasteiger partial charge is 0.355 e. The highest BCUT2D eigenvalue weighted by Crippen LogP contribution is 2.45. The van der Waals surface area contributed by atoms with Gasteiger partial charge in [-0.05, 0) is 49.7 Å². The van der Waals surface area contributed by atoms with E-state index in [4.69, 9.17) is 11.6 Å². The number of pyridine rings is 1. The first-order valence-corrected chi connectivity index (χ1v) is 12.0. The molecular weight excluding hydrogens is 498 g/mol. The molecule has 0 saturated carbocycles. The summed E-state index contributed by atoms with van der Waals surface area (Å²) in [5.74, 6) is 1.45. The van der Waals surface area contributed by atoms with Gasteiger partial charge in [0.2, 0.25) is 5.95 Å². The van der Waals surface area contributed by atoms with Gasteiger partial charge in [-0.1, -0.05) is 11.6 Å². The van der Waals surface area contributed by atoms with Gasteiger partial charge in [-0.15, -0.1) is 10.2 Å². The van der Waals surface area contributed by atoms with Crippen LogP contribution in [0.2, 0.25) is 5.02 Å². The van der Waals surface area contributed by atoms with E-state index >= 15 is 0 Å². The summed E-state index contributed by atoms with van der Waals surface area (Å²) in [7, 11) is 0. The van der Waals surface area contributed by atoms with Crippen molar-refractivity contribution in [3.63, 3.8) is 0 Å². The molecule has 36 heavy (non-hydrogen) atoms. The minimum atomic E-state index is -4.43. The van der Waals surface area contributed by atoms with Crippen LogP contribution in [0.15, 0.2) is 36.5 Å². The molecule has 0 N–H and O–H groups in total. The van der Waals surface area contributed by atoms with Crippen LogP contribution in [0, 0.1) is 11.2 Å². The van der Waals surface area contributed by atoms with Gasteiger partial charge in [-0.3, -0.25) is 9.47 Å². The van der Waals surface area contributed by atoms with Gasteiger partial charge in [-0.25, -0.2) is 9.37 Å². The first-order valence-electron chi connectivity index (χ1n) is 11.6. The van der Waals surface area contributed by atoms with Gasteiger partial charge in [0.15, 0.2) is 5.82 Å². The van der Waals surface area contributed by atoms with Crippen molar-refractivity contribution in [2.24, 2.45) is 5.41 Å². The van der Waals surface area contributed by atoms with Crippen LogP contribution >= 0.6 is 11.6 Å². The summed E-state index contributed by atoms with van der Waals surface area (Å²) in [4.78, 5) is 9.74. The minimum Gasteiger partial charge on any atom is -0.355 e. The van der Waals surface area contributed by atoms with Crippen molar-refractivity contribution in [2.45, 2.75) is 38.7 Å². The molecule has 7 nitrogen and oxygen atoms in total. The van der Waals surface area contributed by atoms with Crippen molar-refractivity contribution < 1.29 is 17.6 Å². The van der Waals surface area contributed by atoms with Gasteiger partial charge < -0.3 is 9.80 Å². The van der Waals surface area contributed by atoms with Gasteiger partial charge >= 0.3 is 6.18 Å². The number of anilines is 2. The third-order valence-corrected chi connectivity index (χ3v) is 7.83. The molecule has 0 bridgehead atoms. The van der Waals surface area contributed by atoms with Crippen LogP contribution in [-0.2, 0) is 13.1 Å². The van der Waals surface area contributed by atoms with Gasteiger partial charge in [0.25, 0.3) is 0 Å². The molecule has 3 aromatic rings. The zero-order chi connectivity index (χ0) is 25.5. The number of nitrogens with zero attached hydrogens (tertiary/aromatic N) is 7. The van der Waals surface area contributed by atoms with E-state index in [9.17, 15) is 17.6 Å². The summed E-state index contributed by atoms with van der Waals surface area (Å²) in [5, 5.41) is 9.19. The minimum absolute atomic E-state index is 0.00515. The van der Waals surface area contributed by atoms with E-state index in [1.807, 2.05) is 10.6 Å². The summed E-state index contributed by atoms with van der Waals surface area (Å²) < 4.78 is 56.9. The van der Waals surface area contributed by atoms with Gasteiger partial charge in [0, 0.05) is 43.2 Å². The summed E-state index contributed by atoms with van der Waals surface area (Å²) in [5.41, 5.74) is -0.577. The summed E-state index contributed by atoms with van der Waals surface area (Å²) in [6.07, 6.45) is -3.21. The predicted octanol–water partition coefficient (Wildman–Crippen LogP) is 4.44. The number of halogens is 5. The second-order valence-electron chi connectivity index (χ2n) is 10.5. The fraction of sp³-hybridized carbons (Fsp3) is 0.458. The summed E-state index contributed by atoms with van der Waals surface area (Å²) in [6.45, 7) is 5.51.